The first kappa shape index (κ1) is 17.2. The number of ether oxygens (including phenoxy) is 1. The van der Waals surface area contributed by atoms with Crippen LogP contribution in [0.3, 0.4) is 0 Å². The molecule has 0 aliphatic heterocycles. The maximum absolute atomic E-state index is 6.00. The van der Waals surface area contributed by atoms with Gasteiger partial charge in [-0.1, -0.05) is 47.9 Å². The maximum atomic E-state index is 6.00. The van der Waals surface area contributed by atoms with Crippen molar-refractivity contribution in [2.75, 3.05) is 5.32 Å². The molecule has 25 heavy (non-hydrogen) atoms. The highest BCUT2D eigenvalue weighted by molar-refractivity contribution is 6.30. The summed E-state index contributed by atoms with van der Waals surface area (Å²) in [4.78, 5) is 0. The van der Waals surface area contributed by atoms with Gasteiger partial charge < -0.3 is 10.1 Å². The first-order valence-electron chi connectivity index (χ1n) is 8.21. The number of nitrogens with one attached hydrogen (secondary N) is 1. The van der Waals surface area contributed by atoms with E-state index in [1.807, 2.05) is 48.5 Å². The maximum Gasteiger partial charge on any atom is 0.243 e. The molecule has 1 heterocycles. The van der Waals surface area contributed by atoms with Gasteiger partial charge in [-0.2, -0.15) is 0 Å². The molecule has 0 saturated carbocycles. The molecule has 0 aliphatic rings. The fraction of sp³-hybridized carbons (Fsp3) is 0.278. The predicted octanol–water partition coefficient (Wildman–Crippen LogP) is 3.93. The number of benzene rings is 2. The van der Waals surface area contributed by atoms with Crippen molar-refractivity contribution >= 4 is 17.5 Å². The molecule has 0 amide bonds. The standard InChI is InChI=1S/C18H20ClN5O/c1-2-9-24-18(21-22-23-24)20-12-14-5-4-8-17(11-14)25-13-15-6-3-7-16(19)10-15/h3-8,10-11H,2,9,12-13H2,1H3,(H,20,21,23). The van der Waals surface area contributed by atoms with Crippen molar-refractivity contribution < 1.29 is 4.74 Å². The zero-order valence-electron chi connectivity index (χ0n) is 14.0. The van der Waals surface area contributed by atoms with Crippen LogP contribution in [0.2, 0.25) is 5.02 Å². The number of hydrogen-bond acceptors (Lipinski definition) is 5. The van der Waals surface area contributed by atoms with E-state index in [1.54, 1.807) is 4.68 Å². The zero-order chi connectivity index (χ0) is 17.5. The lowest BCUT2D eigenvalue weighted by Crippen LogP contribution is -2.08. The van der Waals surface area contributed by atoms with Crippen LogP contribution in [0, 0.1) is 0 Å². The van der Waals surface area contributed by atoms with E-state index in [1.165, 1.54) is 0 Å². The van der Waals surface area contributed by atoms with Gasteiger partial charge in [0, 0.05) is 18.1 Å². The average molecular weight is 358 g/mol. The van der Waals surface area contributed by atoms with E-state index in [0.717, 1.165) is 29.8 Å². The summed E-state index contributed by atoms with van der Waals surface area (Å²) < 4.78 is 7.62. The van der Waals surface area contributed by atoms with E-state index in [9.17, 15) is 0 Å². The number of tetrazole rings is 1. The van der Waals surface area contributed by atoms with Crippen LogP contribution in [0.5, 0.6) is 5.75 Å². The normalized spacial score (nSPS) is 10.6. The number of anilines is 1. The molecule has 1 N–H and O–H groups in total. The van der Waals surface area contributed by atoms with Crippen molar-refractivity contribution in [3.05, 3.63) is 64.7 Å². The summed E-state index contributed by atoms with van der Waals surface area (Å²) >= 11 is 6.00. The molecule has 0 saturated heterocycles. The number of rotatable bonds is 8. The summed E-state index contributed by atoms with van der Waals surface area (Å²) in [5, 5.41) is 15.6. The molecule has 0 fully saturated rings. The SMILES string of the molecule is CCCn1nnnc1NCc1cccc(OCc2cccc(Cl)c2)c1. The number of hydrogen-bond donors (Lipinski definition) is 1. The van der Waals surface area contributed by atoms with E-state index >= 15 is 0 Å². The van der Waals surface area contributed by atoms with E-state index in [4.69, 9.17) is 16.3 Å². The van der Waals surface area contributed by atoms with Crippen molar-refractivity contribution in [2.24, 2.45) is 0 Å². The average Bonchev–Trinajstić information content (AvgIpc) is 3.06. The largest absolute Gasteiger partial charge is 0.489 e. The molecule has 1 aromatic heterocycles. The van der Waals surface area contributed by atoms with Gasteiger partial charge in [-0.25, -0.2) is 4.68 Å². The molecule has 0 bridgehead atoms. The van der Waals surface area contributed by atoms with Crippen LogP contribution < -0.4 is 10.1 Å². The van der Waals surface area contributed by atoms with E-state index in [2.05, 4.69) is 27.8 Å². The van der Waals surface area contributed by atoms with Gasteiger partial charge in [0.25, 0.3) is 0 Å². The van der Waals surface area contributed by atoms with Crippen LogP contribution in [-0.4, -0.2) is 20.2 Å². The summed E-state index contributed by atoms with van der Waals surface area (Å²) in [5.74, 6) is 1.49. The Balaban J connectivity index is 1.58. The van der Waals surface area contributed by atoms with E-state index in [0.29, 0.717) is 24.1 Å². The highest BCUT2D eigenvalue weighted by atomic mass is 35.5. The summed E-state index contributed by atoms with van der Waals surface area (Å²) in [7, 11) is 0. The minimum Gasteiger partial charge on any atom is -0.489 e. The van der Waals surface area contributed by atoms with Gasteiger partial charge in [0.1, 0.15) is 12.4 Å². The third kappa shape index (κ3) is 4.93. The number of aromatic nitrogens is 4. The van der Waals surface area contributed by atoms with Crippen molar-refractivity contribution in [3.8, 4) is 5.75 Å². The third-order valence-electron chi connectivity index (χ3n) is 3.61. The Bertz CT molecular complexity index is 820. The molecule has 7 heteroatoms. The van der Waals surface area contributed by atoms with Crippen LogP contribution in [0.25, 0.3) is 0 Å². The second-order valence-electron chi connectivity index (χ2n) is 5.65. The molecule has 0 atom stereocenters. The van der Waals surface area contributed by atoms with Gasteiger partial charge in [-0.15, -0.1) is 0 Å². The lowest BCUT2D eigenvalue weighted by Gasteiger charge is -2.10. The Morgan fingerprint density at radius 2 is 1.96 bits per heavy atom. The molecule has 0 aliphatic carbocycles. The predicted molar refractivity (Wildman–Crippen MR) is 97.7 cm³/mol. The Morgan fingerprint density at radius 1 is 1.12 bits per heavy atom. The fourth-order valence-corrected chi connectivity index (χ4v) is 2.63. The summed E-state index contributed by atoms with van der Waals surface area (Å²) in [6.07, 6.45) is 0.979. The monoisotopic (exact) mass is 357 g/mol. The minimum atomic E-state index is 0.478. The molecule has 130 valence electrons. The Hall–Kier alpha value is -2.60. The van der Waals surface area contributed by atoms with Crippen molar-refractivity contribution in [2.45, 2.75) is 33.0 Å². The number of aryl methyl sites for hydroxylation is 1. The molecular weight excluding hydrogens is 338 g/mol. The summed E-state index contributed by atoms with van der Waals surface area (Å²) in [6, 6.07) is 15.6. The fourth-order valence-electron chi connectivity index (χ4n) is 2.41. The first-order chi connectivity index (χ1) is 12.2. The van der Waals surface area contributed by atoms with E-state index in [-0.39, 0.29) is 0 Å². The van der Waals surface area contributed by atoms with Gasteiger partial charge in [0.2, 0.25) is 5.95 Å². The van der Waals surface area contributed by atoms with Gasteiger partial charge in [0.05, 0.1) is 0 Å². The molecule has 0 radical (unpaired) electrons. The second kappa shape index (κ2) is 8.48. The molecule has 2 aromatic carbocycles. The van der Waals surface area contributed by atoms with Crippen LogP contribution >= 0.6 is 11.6 Å². The Labute approximate surface area is 151 Å². The summed E-state index contributed by atoms with van der Waals surface area (Å²) in [5.41, 5.74) is 2.13. The van der Waals surface area contributed by atoms with Crippen LogP contribution in [0.15, 0.2) is 48.5 Å². The minimum absolute atomic E-state index is 0.478. The third-order valence-corrected chi connectivity index (χ3v) is 3.85. The van der Waals surface area contributed by atoms with E-state index < -0.39 is 0 Å². The smallest absolute Gasteiger partial charge is 0.243 e. The van der Waals surface area contributed by atoms with Gasteiger partial charge in [-0.05, 0) is 52.2 Å². The highest BCUT2D eigenvalue weighted by Gasteiger charge is 2.05. The van der Waals surface area contributed by atoms with Crippen molar-refractivity contribution in [3.63, 3.8) is 0 Å². The lowest BCUT2D eigenvalue weighted by molar-refractivity contribution is 0.306. The quantitative estimate of drug-likeness (QED) is 0.661. The molecule has 6 nitrogen and oxygen atoms in total. The molecule has 0 unspecified atom stereocenters. The number of halogens is 1. The van der Waals surface area contributed by atoms with Crippen LogP contribution in [0.4, 0.5) is 5.95 Å². The van der Waals surface area contributed by atoms with Crippen LogP contribution in [-0.2, 0) is 19.7 Å². The van der Waals surface area contributed by atoms with Crippen LogP contribution in [0.1, 0.15) is 24.5 Å². The topological polar surface area (TPSA) is 64.9 Å². The second-order valence-corrected chi connectivity index (χ2v) is 6.08. The van der Waals surface area contributed by atoms with Crippen molar-refractivity contribution in [1.82, 2.24) is 20.2 Å². The Morgan fingerprint density at radius 3 is 2.80 bits per heavy atom. The molecular formula is C18H20ClN5O. The number of nitrogens with zero attached hydrogens (tertiary/aromatic N) is 4. The molecule has 3 rings (SSSR count). The first-order valence-corrected chi connectivity index (χ1v) is 8.58. The van der Waals surface area contributed by atoms with Gasteiger partial charge >= 0.3 is 0 Å². The Kier molecular flexibility index (Phi) is 5.85. The molecule has 3 aromatic rings. The zero-order valence-corrected chi connectivity index (χ0v) is 14.8. The van der Waals surface area contributed by atoms with Gasteiger partial charge in [-0.3, -0.25) is 0 Å². The summed E-state index contributed by atoms with van der Waals surface area (Å²) in [6.45, 7) is 3.98. The van der Waals surface area contributed by atoms with Crippen molar-refractivity contribution in [1.29, 1.82) is 0 Å². The highest BCUT2D eigenvalue weighted by Crippen LogP contribution is 2.17. The van der Waals surface area contributed by atoms with Gasteiger partial charge in [0.15, 0.2) is 0 Å². The molecule has 0 spiro atoms. The lowest BCUT2D eigenvalue weighted by atomic mass is 10.2.